The summed E-state index contributed by atoms with van der Waals surface area (Å²) in [6.45, 7) is 0. The van der Waals surface area contributed by atoms with Crippen molar-refractivity contribution in [3.8, 4) is 6.07 Å². The summed E-state index contributed by atoms with van der Waals surface area (Å²) < 4.78 is 24.7. The van der Waals surface area contributed by atoms with Crippen LogP contribution >= 0.6 is 11.6 Å². The van der Waals surface area contributed by atoms with Crippen LogP contribution < -0.4 is 0 Å². The van der Waals surface area contributed by atoms with E-state index in [1.807, 2.05) is 0 Å². The second-order valence-corrected chi connectivity index (χ2v) is 2.69. The van der Waals surface area contributed by atoms with E-state index in [0.29, 0.717) is 6.29 Å². The third kappa shape index (κ3) is 1.86. The van der Waals surface area contributed by atoms with Gasteiger partial charge >= 0.3 is 0 Å². The van der Waals surface area contributed by atoms with E-state index in [-0.39, 0.29) is 10.8 Å². The predicted octanol–water partition coefficient (Wildman–Crippen LogP) is 2.36. The van der Waals surface area contributed by atoms with Crippen molar-refractivity contribution >= 4 is 17.9 Å². The molecule has 0 unspecified atom stereocenters. The molecule has 72 valence electrons. The second kappa shape index (κ2) is 4.11. The molecule has 1 aromatic heterocycles. The molecule has 1 heterocycles. The van der Waals surface area contributed by atoms with Gasteiger partial charge in [-0.1, -0.05) is 11.6 Å². The Kier molecular flexibility index (Phi) is 3.10. The Balaban J connectivity index is 3.45. The number of alkyl halides is 2. The molecule has 0 saturated heterocycles. The highest BCUT2D eigenvalue weighted by atomic mass is 35.5. The highest BCUT2D eigenvalue weighted by molar-refractivity contribution is 6.30. The molecule has 0 atom stereocenters. The molecule has 0 aliphatic carbocycles. The van der Waals surface area contributed by atoms with E-state index in [2.05, 4.69) is 4.98 Å². The lowest BCUT2D eigenvalue weighted by molar-refractivity contribution is 0.111. The van der Waals surface area contributed by atoms with Crippen molar-refractivity contribution in [2.45, 2.75) is 6.43 Å². The molecule has 0 aromatic carbocycles. The number of rotatable bonds is 2. The van der Waals surface area contributed by atoms with Crippen LogP contribution in [0.3, 0.4) is 0 Å². The van der Waals surface area contributed by atoms with Crippen LogP contribution in [0.15, 0.2) is 6.07 Å². The highest BCUT2D eigenvalue weighted by Crippen LogP contribution is 2.26. The van der Waals surface area contributed by atoms with Crippen LogP contribution in [-0.2, 0) is 0 Å². The summed E-state index contributed by atoms with van der Waals surface area (Å²) in [5, 5.41) is 8.13. The van der Waals surface area contributed by atoms with Gasteiger partial charge in [0.15, 0.2) is 6.29 Å². The van der Waals surface area contributed by atoms with E-state index in [1.165, 1.54) is 6.07 Å². The first-order valence-corrected chi connectivity index (χ1v) is 3.81. The van der Waals surface area contributed by atoms with Crippen molar-refractivity contribution in [1.29, 1.82) is 5.26 Å². The minimum atomic E-state index is -2.86. The van der Waals surface area contributed by atoms with Crippen LogP contribution in [0.1, 0.15) is 28.0 Å². The maximum Gasteiger partial charge on any atom is 0.265 e. The fourth-order valence-electron chi connectivity index (χ4n) is 0.895. The summed E-state index contributed by atoms with van der Waals surface area (Å²) in [6.07, 6.45) is -2.57. The van der Waals surface area contributed by atoms with Gasteiger partial charge in [-0.15, -0.1) is 0 Å². The Labute approximate surface area is 82.9 Å². The number of carbonyl (C=O) groups is 1. The number of aromatic nitrogens is 1. The fraction of sp³-hybridized carbons (Fsp3) is 0.125. The third-order valence-electron chi connectivity index (χ3n) is 1.49. The first-order valence-electron chi connectivity index (χ1n) is 3.44. The molecule has 0 aliphatic heterocycles. The van der Waals surface area contributed by atoms with E-state index in [0.717, 1.165) is 6.07 Å². The van der Waals surface area contributed by atoms with Gasteiger partial charge < -0.3 is 0 Å². The number of pyridine rings is 1. The van der Waals surface area contributed by atoms with Gasteiger partial charge in [-0.25, -0.2) is 13.8 Å². The van der Waals surface area contributed by atoms with Crippen molar-refractivity contribution in [2.24, 2.45) is 0 Å². The van der Waals surface area contributed by atoms with Crippen LogP contribution in [-0.4, -0.2) is 11.3 Å². The molecule has 6 heteroatoms. The Bertz CT molecular complexity index is 415. The topological polar surface area (TPSA) is 53.8 Å². The van der Waals surface area contributed by atoms with Gasteiger partial charge in [0, 0.05) is 5.56 Å². The summed E-state index contributed by atoms with van der Waals surface area (Å²) in [5.41, 5.74) is -1.19. The summed E-state index contributed by atoms with van der Waals surface area (Å²) in [5.74, 6) is 0. The van der Waals surface area contributed by atoms with Crippen molar-refractivity contribution in [3.63, 3.8) is 0 Å². The van der Waals surface area contributed by atoms with Crippen LogP contribution in [0.25, 0.3) is 0 Å². The van der Waals surface area contributed by atoms with Crippen molar-refractivity contribution in [3.05, 3.63) is 28.0 Å². The van der Waals surface area contributed by atoms with E-state index in [4.69, 9.17) is 16.9 Å². The molecule has 3 nitrogen and oxygen atoms in total. The largest absolute Gasteiger partial charge is 0.296 e. The third-order valence-corrected chi connectivity index (χ3v) is 1.77. The standard InChI is InChI=1S/C8H3ClF2N2O/c9-7-6(2-12)5(8(10)11)1-4(3-14)13-7/h1,3,8H. The molecule has 1 aromatic rings. The SMILES string of the molecule is N#Cc1c(C(F)F)cc(C=O)nc1Cl. The zero-order chi connectivity index (χ0) is 10.7. The van der Waals surface area contributed by atoms with E-state index in [9.17, 15) is 13.6 Å². The van der Waals surface area contributed by atoms with Gasteiger partial charge in [0.25, 0.3) is 6.43 Å². The Morgan fingerprint density at radius 1 is 1.64 bits per heavy atom. The molecular formula is C8H3ClF2N2O. The van der Waals surface area contributed by atoms with Crippen molar-refractivity contribution < 1.29 is 13.6 Å². The summed E-state index contributed by atoms with van der Waals surface area (Å²) >= 11 is 5.43. The molecule has 1 rings (SSSR count). The Hall–Kier alpha value is -1.54. The Morgan fingerprint density at radius 3 is 2.71 bits per heavy atom. The molecule has 0 fully saturated rings. The summed E-state index contributed by atoms with van der Waals surface area (Å²) in [7, 11) is 0. The summed E-state index contributed by atoms with van der Waals surface area (Å²) in [6, 6.07) is 2.36. The predicted molar refractivity (Wildman–Crippen MR) is 44.3 cm³/mol. The first kappa shape index (κ1) is 10.5. The number of carbonyl (C=O) groups excluding carboxylic acids is 1. The van der Waals surface area contributed by atoms with E-state index >= 15 is 0 Å². The summed E-state index contributed by atoms with van der Waals surface area (Å²) in [4.78, 5) is 13.7. The minimum absolute atomic E-state index is 0.218. The van der Waals surface area contributed by atoms with Gasteiger partial charge in [-0.3, -0.25) is 4.79 Å². The number of hydrogen-bond donors (Lipinski definition) is 0. The van der Waals surface area contributed by atoms with Gasteiger partial charge in [-0.05, 0) is 6.07 Å². The van der Waals surface area contributed by atoms with Gasteiger partial charge in [0.2, 0.25) is 0 Å². The number of halogens is 3. The lowest BCUT2D eigenvalue weighted by Gasteiger charge is -2.04. The van der Waals surface area contributed by atoms with Gasteiger partial charge in [-0.2, -0.15) is 5.26 Å². The molecule has 0 aliphatic rings. The molecule has 0 saturated carbocycles. The van der Waals surface area contributed by atoms with Crippen molar-refractivity contribution in [2.75, 3.05) is 0 Å². The molecule has 0 N–H and O–H groups in total. The van der Waals surface area contributed by atoms with Crippen LogP contribution in [0.4, 0.5) is 8.78 Å². The zero-order valence-corrected chi connectivity index (χ0v) is 7.42. The van der Waals surface area contributed by atoms with E-state index < -0.39 is 17.6 Å². The number of hydrogen-bond acceptors (Lipinski definition) is 3. The van der Waals surface area contributed by atoms with E-state index in [1.54, 1.807) is 0 Å². The smallest absolute Gasteiger partial charge is 0.265 e. The molecule has 0 amide bonds. The lowest BCUT2D eigenvalue weighted by Crippen LogP contribution is -1.98. The average Bonchev–Trinajstić information content (AvgIpc) is 2.16. The Morgan fingerprint density at radius 2 is 2.29 bits per heavy atom. The quantitative estimate of drug-likeness (QED) is 0.563. The van der Waals surface area contributed by atoms with Gasteiger partial charge in [0.05, 0.1) is 5.56 Å². The minimum Gasteiger partial charge on any atom is -0.296 e. The maximum atomic E-state index is 12.4. The zero-order valence-electron chi connectivity index (χ0n) is 6.67. The van der Waals surface area contributed by atoms with Crippen LogP contribution in [0, 0.1) is 11.3 Å². The molecular weight excluding hydrogens is 214 g/mol. The number of nitrogens with zero attached hydrogens (tertiary/aromatic N) is 2. The van der Waals surface area contributed by atoms with Crippen molar-refractivity contribution in [1.82, 2.24) is 4.98 Å². The number of aldehydes is 1. The highest BCUT2D eigenvalue weighted by Gasteiger charge is 2.18. The van der Waals surface area contributed by atoms with Crippen LogP contribution in [0.2, 0.25) is 5.15 Å². The van der Waals surface area contributed by atoms with Crippen LogP contribution in [0.5, 0.6) is 0 Å². The fourth-order valence-corrected chi connectivity index (χ4v) is 1.14. The average molecular weight is 217 g/mol. The molecule has 0 radical (unpaired) electrons. The molecule has 0 bridgehead atoms. The molecule has 14 heavy (non-hydrogen) atoms. The normalized spacial score (nSPS) is 9.93. The second-order valence-electron chi connectivity index (χ2n) is 2.33. The molecule has 0 spiro atoms. The lowest BCUT2D eigenvalue weighted by atomic mass is 10.1. The first-order chi connectivity index (χ1) is 6.60. The number of nitriles is 1. The monoisotopic (exact) mass is 216 g/mol. The maximum absolute atomic E-state index is 12.4. The van der Waals surface area contributed by atoms with Gasteiger partial charge in [0.1, 0.15) is 16.9 Å².